The van der Waals surface area contributed by atoms with Crippen molar-refractivity contribution in [3.63, 3.8) is 0 Å². The molecule has 0 spiro atoms. The van der Waals surface area contributed by atoms with E-state index in [-0.39, 0.29) is 38.0 Å². The molecule has 0 aliphatic rings. The first-order valence-electron chi connectivity index (χ1n) is 10.9. The monoisotopic (exact) mass is 577 g/mol. The molecule has 3 aromatic carbocycles. The summed E-state index contributed by atoms with van der Waals surface area (Å²) < 4.78 is 81.0. The van der Waals surface area contributed by atoms with Gasteiger partial charge < -0.3 is 10.4 Å². The Balaban J connectivity index is 2.06. The molecule has 0 saturated carbocycles. The highest BCUT2D eigenvalue weighted by atomic mass is 35.5. The third kappa shape index (κ3) is 6.99. The molecule has 12 heteroatoms. The molecule has 0 fully saturated rings. The maximum absolute atomic E-state index is 13.6. The quantitative estimate of drug-likeness (QED) is 0.278. The first-order chi connectivity index (χ1) is 17.6. The minimum Gasteiger partial charge on any atom is -0.481 e. The summed E-state index contributed by atoms with van der Waals surface area (Å²) >= 11 is 12.0. The van der Waals surface area contributed by atoms with Gasteiger partial charge in [-0.2, -0.15) is 26.3 Å². The second-order valence-corrected chi connectivity index (χ2v) is 9.33. The Labute approximate surface area is 223 Å². The van der Waals surface area contributed by atoms with Crippen molar-refractivity contribution in [1.29, 1.82) is 0 Å². The molecule has 38 heavy (non-hydrogen) atoms. The van der Waals surface area contributed by atoms with Crippen molar-refractivity contribution in [2.45, 2.75) is 31.6 Å². The smallest absolute Gasteiger partial charge is 0.416 e. The number of hydrogen-bond donors (Lipinski definition) is 2. The number of aliphatic carboxylic acids is 1. The van der Waals surface area contributed by atoms with E-state index in [1.165, 1.54) is 42.5 Å². The molecule has 0 heterocycles. The standard InChI is InChI=1S/C26H19Cl2F6NO3/c1-13(25(29,30)31)23(14-3-7-18(27)8-4-14)24(38)35-21-10-15(5-9-20(21)28)19-12-17(26(32,33)34)6-2-16(19)11-22(36)37/h2-10,12-13,23H,11H2,1H3,(H,35,38)(H,36,37)/t13-,23+/m1/s1. The number of hydrogen-bond acceptors (Lipinski definition) is 2. The van der Waals surface area contributed by atoms with Crippen LogP contribution in [-0.2, 0) is 22.2 Å². The lowest BCUT2D eigenvalue weighted by Crippen LogP contribution is -2.34. The van der Waals surface area contributed by atoms with Gasteiger partial charge in [-0.15, -0.1) is 0 Å². The van der Waals surface area contributed by atoms with Crippen LogP contribution < -0.4 is 5.32 Å². The van der Waals surface area contributed by atoms with Gasteiger partial charge >= 0.3 is 18.3 Å². The molecule has 202 valence electrons. The summed E-state index contributed by atoms with van der Waals surface area (Å²) in [5.41, 5.74) is -1.14. The van der Waals surface area contributed by atoms with Crippen LogP contribution in [0.2, 0.25) is 10.0 Å². The van der Waals surface area contributed by atoms with Crippen LogP contribution in [0.25, 0.3) is 11.1 Å². The maximum atomic E-state index is 13.6. The summed E-state index contributed by atoms with van der Waals surface area (Å²) in [6.07, 6.45) is -10.1. The fraction of sp³-hybridized carbons (Fsp3) is 0.231. The van der Waals surface area contributed by atoms with Gasteiger partial charge in [0.05, 0.1) is 34.5 Å². The summed E-state index contributed by atoms with van der Waals surface area (Å²) in [4.78, 5) is 24.4. The molecule has 0 aromatic heterocycles. The average molecular weight is 578 g/mol. The highest BCUT2D eigenvalue weighted by molar-refractivity contribution is 6.34. The fourth-order valence-electron chi connectivity index (χ4n) is 3.86. The van der Waals surface area contributed by atoms with E-state index in [2.05, 4.69) is 5.32 Å². The van der Waals surface area contributed by atoms with Gasteiger partial charge in [0.15, 0.2) is 0 Å². The molecule has 0 bridgehead atoms. The lowest BCUT2D eigenvalue weighted by molar-refractivity contribution is -0.178. The number of carboxylic acids is 1. The van der Waals surface area contributed by atoms with E-state index in [4.69, 9.17) is 23.2 Å². The van der Waals surface area contributed by atoms with Crippen LogP contribution in [0, 0.1) is 5.92 Å². The van der Waals surface area contributed by atoms with Crippen molar-refractivity contribution in [2.75, 3.05) is 5.32 Å². The molecule has 3 aromatic rings. The Morgan fingerprint density at radius 1 is 0.921 bits per heavy atom. The van der Waals surface area contributed by atoms with Crippen LogP contribution in [0.15, 0.2) is 60.7 Å². The van der Waals surface area contributed by atoms with Crippen molar-refractivity contribution < 1.29 is 41.0 Å². The largest absolute Gasteiger partial charge is 0.481 e. The van der Waals surface area contributed by atoms with Crippen molar-refractivity contribution in [3.05, 3.63) is 87.4 Å². The van der Waals surface area contributed by atoms with Gasteiger partial charge in [0, 0.05) is 5.02 Å². The van der Waals surface area contributed by atoms with Crippen LogP contribution in [0.1, 0.15) is 29.5 Å². The number of alkyl halides is 6. The molecule has 3 rings (SSSR count). The minimum absolute atomic E-state index is 0.0330. The Bertz CT molecular complexity index is 1340. The van der Waals surface area contributed by atoms with Gasteiger partial charge in [0.2, 0.25) is 5.91 Å². The zero-order chi connectivity index (χ0) is 28.4. The topological polar surface area (TPSA) is 66.4 Å². The molecule has 0 radical (unpaired) electrons. The number of halogens is 8. The second kappa shape index (κ2) is 11.2. The highest BCUT2D eigenvalue weighted by Gasteiger charge is 2.45. The number of anilines is 1. The number of carbonyl (C=O) groups is 2. The van der Waals surface area contributed by atoms with E-state index in [1.54, 1.807) is 0 Å². The summed E-state index contributed by atoms with van der Waals surface area (Å²) in [6, 6.07) is 11.5. The molecule has 0 aliphatic heterocycles. The zero-order valence-corrected chi connectivity index (χ0v) is 20.9. The molecule has 1 amide bonds. The third-order valence-corrected chi connectivity index (χ3v) is 6.42. The van der Waals surface area contributed by atoms with Crippen LogP contribution in [0.3, 0.4) is 0 Å². The minimum atomic E-state index is -4.74. The Kier molecular flexibility index (Phi) is 8.68. The highest BCUT2D eigenvalue weighted by Crippen LogP contribution is 2.40. The van der Waals surface area contributed by atoms with Crippen molar-refractivity contribution in [1.82, 2.24) is 0 Å². The van der Waals surface area contributed by atoms with E-state index >= 15 is 0 Å². The zero-order valence-electron chi connectivity index (χ0n) is 19.4. The van der Waals surface area contributed by atoms with Crippen LogP contribution >= 0.6 is 23.2 Å². The molecule has 0 saturated heterocycles. The third-order valence-electron chi connectivity index (χ3n) is 5.84. The molecular formula is C26H19Cl2F6NO3. The number of nitrogens with one attached hydrogen (secondary N) is 1. The van der Waals surface area contributed by atoms with Gasteiger partial charge in [-0.1, -0.05) is 54.4 Å². The van der Waals surface area contributed by atoms with E-state index in [0.717, 1.165) is 25.1 Å². The summed E-state index contributed by atoms with van der Waals surface area (Å²) in [5.74, 6) is -6.18. The molecule has 2 atom stereocenters. The summed E-state index contributed by atoms with van der Waals surface area (Å²) in [7, 11) is 0. The fourth-order valence-corrected chi connectivity index (χ4v) is 4.15. The number of amides is 1. The van der Waals surface area contributed by atoms with Crippen LogP contribution in [0.4, 0.5) is 32.0 Å². The van der Waals surface area contributed by atoms with E-state index in [9.17, 15) is 41.0 Å². The van der Waals surface area contributed by atoms with E-state index < -0.39 is 48.0 Å². The SMILES string of the molecule is C[C@H]([C@H](C(=O)Nc1cc(-c2cc(C(F)(F)F)ccc2CC(=O)O)ccc1Cl)c1ccc(Cl)cc1)C(F)(F)F. The molecule has 0 unspecified atom stereocenters. The molecule has 4 nitrogen and oxygen atoms in total. The van der Waals surface area contributed by atoms with Gasteiger partial charge in [0.25, 0.3) is 0 Å². The van der Waals surface area contributed by atoms with Crippen molar-refractivity contribution >= 4 is 40.8 Å². The lowest BCUT2D eigenvalue weighted by atomic mass is 9.85. The Morgan fingerprint density at radius 3 is 2.11 bits per heavy atom. The number of carbonyl (C=O) groups excluding carboxylic acids is 1. The Hall–Kier alpha value is -3.24. The summed E-state index contributed by atoms with van der Waals surface area (Å²) in [5, 5.41) is 11.7. The lowest BCUT2D eigenvalue weighted by Gasteiger charge is -2.26. The van der Waals surface area contributed by atoms with Gasteiger partial charge in [-0.25, -0.2) is 0 Å². The van der Waals surface area contributed by atoms with Crippen molar-refractivity contribution in [2.24, 2.45) is 5.92 Å². The summed E-state index contributed by atoms with van der Waals surface area (Å²) in [6.45, 7) is 0.845. The molecular weight excluding hydrogens is 559 g/mol. The van der Waals surface area contributed by atoms with E-state index in [0.29, 0.717) is 0 Å². The van der Waals surface area contributed by atoms with Crippen LogP contribution in [-0.4, -0.2) is 23.2 Å². The first kappa shape index (κ1) is 29.3. The number of carboxylic acid groups (broad SMARTS) is 1. The number of rotatable bonds is 7. The maximum Gasteiger partial charge on any atom is 0.416 e. The Morgan fingerprint density at radius 2 is 1.55 bits per heavy atom. The van der Waals surface area contributed by atoms with Crippen LogP contribution in [0.5, 0.6) is 0 Å². The normalized spacial score (nSPS) is 13.6. The van der Waals surface area contributed by atoms with Gasteiger partial charge in [-0.3, -0.25) is 9.59 Å². The average Bonchev–Trinajstić information content (AvgIpc) is 2.80. The predicted molar refractivity (Wildman–Crippen MR) is 131 cm³/mol. The first-order valence-corrected chi connectivity index (χ1v) is 11.7. The second-order valence-electron chi connectivity index (χ2n) is 8.48. The van der Waals surface area contributed by atoms with Gasteiger partial charge in [-0.05, 0) is 58.7 Å². The van der Waals surface area contributed by atoms with Gasteiger partial charge in [0.1, 0.15) is 0 Å². The molecule has 2 N–H and O–H groups in total. The van der Waals surface area contributed by atoms with Crippen molar-refractivity contribution in [3.8, 4) is 11.1 Å². The predicted octanol–water partition coefficient (Wildman–Crippen LogP) is 8.23. The van der Waals surface area contributed by atoms with E-state index in [1.807, 2.05) is 0 Å². The number of benzene rings is 3. The molecule has 0 aliphatic carbocycles.